The summed E-state index contributed by atoms with van der Waals surface area (Å²) < 4.78 is 0. The maximum atomic E-state index is 6.26. The summed E-state index contributed by atoms with van der Waals surface area (Å²) in [5.74, 6) is 1.84. The molecule has 1 aromatic carbocycles. The Morgan fingerprint density at radius 3 is 2.42 bits per heavy atom. The molecule has 0 bridgehead atoms. The van der Waals surface area contributed by atoms with Crippen molar-refractivity contribution >= 4 is 17.3 Å². The number of benzene rings is 1. The van der Waals surface area contributed by atoms with Crippen molar-refractivity contribution in [3.8, 4) is 0 Å². The van der Waals surface area contributed by atoms with E-state index in [1.165, 1.54) is 44.1 Å². The van der Waals surface area contributed by atoms with Crippen molar-refractivity contribution in [3.63, 3.8) is 0 Å². The van der Waals surface area contributed by atoms with Crippen LogP contribution in [0.3, 0.4) is 0 Å². The van der Waals surface area contributed by atoms with Gasteiger partial charge in [0.15, 0.2) is 0 Å². The molecule has 1 atom stereocenters. The Morgan fingerprint density at radius 1 is 1.00 bits per heavy atom. The number of anilines is 3. The first kappa shape index (κ1) is 16.6. The third kappa shape index (κ3) is 3.81. The number of hydrogen-bond donors (Lipinski definition) is 3. The van der Waals surface area contributed by atoms with E-state index in [4.69, 9.17) is 17.2 Å². The van der Waals surface area contributed by atoms with Gasteiger partial charge < -0.3 is 17.2 Å². The molecule has 6 N–H and O–H groups in total. The largest absolute Gasteiger partial charge is 0.396 e. The van der Waals surface area contributed by atoms with E-state index >= 15 is 0 Å². The molecule has 4 nitrogen and oxygen atoms in total. The third-order valence-electron chi connectivity index (χ3n) is 5.31. The fourth-order valence-corrected chi connectivity index (χ4v) is 3.97. The van der Waals surface area contributed by atoms with E-state index in [9.17, 15) is 0 Å². The highest BCUT2D eigenvalue weighted by Crippen LogP contribution is 2.38. The molecular weight excluding hydrogens is 296 g/mol. The molecule has 1 aliphatic carbocycles. The zero-order valence-corrected chi connectivity index (χ0v) is 14.2. The van der Waals surface area contributed by atoms with Crippen LogP contribution in [0.1, 0.15) is 62.0 Å². The van der Waals surface area contributed by atoms with Gasteiger partial charge in [0.25, 0.3) is 0 Å². The maximum absolute atomic E-state index is 6.26. The minimum Gasteiger partial charge on any atom is -0.396 e. The number of nitrogens with two attached hydrogens (primary N) is 3. The van der Waals surface area contributed by atoms with E-state index in [1.807, 2.05) is 12.1 Å². The average Bonchev–Trinajstić information content (AvgIpc) is 2.61. The van der Waals surface area contributed by atoms with Gasteiger partial charge in [0, 0.05) is 5.92 Å². The van der Waals surface area contributed by atoms with Crippen molar-refractivity contribution in [2.75, 3.05) is 17.2 Å². The van der Waals surface area contributed by atoms with Crippen molar-refractivity contribution in [1.82, 2.24) is 4.98 Å². The van der Waals surface area contributed by atoms with Crippen molar-refractivity contribution in [2.45, 2.75) is 50.9 Å². The van der Waals surface area contributed by atoms with E-state index in [-0.39, 0.29) is 5.92 Å². The smallest absolute Gasteiger partial charge is 0.149 e. The molecule has 2 aromatic rings. The van der Waals surface area contributed by atoms with Gasteiger partial charge in [-0.25, -0.2) is 4.98 Å². The SMILES string of the molecule is Nc1cc(C(CCC2CCCCC2)c2ccccc2)c(N)c(N)n1. The van der Waals surface area contributed by atoms with E-state index in [0.29, 0.717) is 17.3 Å². The van der Waals surface area contributed by atoms with E-state index in [1.54, 1.807) is 0 Å². The predicted molar refractivity (Wildman–Crippen MR) is 102 cm³/mol. The van der Waals surface area contributed by atoms with Gasteiger partial charge in [-0.15, -0.1) is 0 Å². The van der Waals surface area contributed by atoms with Gasteiger partial charge >= 0.3 is 0 Å². The molecule has 4 heteroatoms. The molecule has 1 unspecified atom stereocenters. The van der Waals surface area contributed by atoms with Gasteiger partial charge in [-0.3, -0.25) is 0 Å². The standard InChI is InChI=1S/C20H28N4/c21-18-13-17(19(22)20(23)24-18)16(15-9-5-2-6-10-15)12-11-14-7-3-1-4-8-14/h2,5-6,9-10,13-14,16H,1,3-4,7-8,11-12,22H2,(H4,21,23,24). The lowest BCUT2D eigenvalue weighted by Crippen LogP contribution is -2.13. The fraction of sp³-hybridized carbons (Fsp3) is 0.450. The summed E-state index contributed by atoms with van der Waals surface area (Å²) >= 11 is 0. The van der Waals surface area contributed by atoms with Crippen LogP contribution in [0.15, 0.2) is 36.4 Å². The third-order valence-corrected chi connectivity index (χ3v) is 5.31. The molecule has 0 radical (unpaired) electrons. The van der Waals surface area contributed by atoms with Crippen LogP contribution in [0.25, 0.3) is 0 Å². The van der Waals surface area contributed by atoms with Gasteiger partial charge in [-0.1, -0.05) is 62.4 Å². The van der Waals surface area contributed by atoms with Crippen LogP contribution in [0.2, 0.25) is 0 Å². The van der Waals surface area contributed by atoms with E-state index in [2.05, 4.69) is 29.2 Å². The second-order valence-corrected chi connectivity index (χ2v) is 6.98. The second-order valence-electron chi connectivity index (χ2n) is 6.98. The number of nitrogen functional groups attached to an aromatic ring is 3. The summed E-state index contributed by atoms with van der Waals surface area (Å²) in [6, 6.07) is 12.4. The van der Waals surface area contributed by atoms with Crippen molar-refractivity contribution < 1.29 is 0 Å². The lowest BCUT2D eigenvalue weighted by Gasteiger charge is -2.26. The van der Waals surface area contributed by atoms with Gasteiger partial charge in [-0.2, -0.15) is 0 Å². The molecule has 1 fully saturated rings. The van der Waals surface area contributed by atoms with Crippen LogP contribution < -0.4 is 17.2 Å². The summed E-state index contributed by atoms with van der Waals surface area (Å²) in [5, 5.41) is 0. The van der Waals surface area contributed by atoms with Crippen LogP contribution in [-0.2, 0) is 0 Å². The summed E-state index contributed by atoms with van der Waals surface area (Å²) in [6.45, 7) is 0. The molecule has 3 rings (SSSR count). The molecule has 0 amide bonds. The Labute approximate surface area is 144 Å². The van der Waals surface area contributed by atoms with Crippen molar-refractivity contribution in [3.05, 3.63) is 47.5 Å². The zero-order chi connectivity index (χ0) is 16.9. The number of nitrogens with zero attached hydrogens (tertiary/aromatic N) is 1. The molecule has 128 valence electrons. The Balaban J connectivity index is 1.88. The van der Waals surface area contributed by atoms with Gasteiger partial charge in [-0.05, 0) is 36.0 Å². The lowest BCUT2D eigenvalue weighted by atomic mass is 9.80. The van der Waals surface area contributed by atoms with Crippen LogP contribution in [0.4, 0.5) is 17.3 Å². The van der Waals surface area contributed by atoms with Gasteiger partial charge in [0.05, 0.1) is 5.69 Å². The normalized spacial score (nSPS) is 16.8. The summed E-state index contributed by atoms with van der Waals surface area (Å²) in [6.07, 6.45) is 9.15. The number of hydrogen-bond acceptors (Lipinski definition) is 4. The molecular formula is C20H28N4. The van der Waals surface area contributed by atoms with E-state index < -0.39 is 0 Å². The first-order chi connectivity index (χ1) is 11.6. The predicted octanol–water partition coefficient (Wildman–Crippen LogP) is 4.32. The number of pyridine rings is 1. The fourth-order valence-electron chi connectivity index (χ4n) is 3.97. The average molecular weight is 324 g/mol. The van der Waals surface area contributed by atoms with Crippen LogP contribution >= 0.6 is 0 Å². The lowest BCUT2D eigenvalue weighted by molar-refractivity contribution is 0.328. The van der Waals surface area contributed by atoms with Crippen LogP contribution in [-0.4, -0.2) is 4.98 Å². The Hall–Kier alpha value is -2.23. The molecule has 1 aromatic heterocycles. The van der Waals surface area contributed by atoms with Gasteiger partial charge in [0.2, 0.25) is 0 Å². The molecule has 0 spiro atoms. The first-order valence-electron chi connectivity index (χ1n) is 9.01. The topological polar surface area (TPSA) is 91.0 Å². The van der Waals surface area contributed by atoms with Crippen molar-refractivity contribution in [1.29, 1.82) is 0 Å². The Bertz CT molecular complexity index is 663. The summed E-state index contributed by atoms with van der Waals surface area (Å²) in [5.41, 5.74) is 21.0. The van der Waals surface area contributed by atoms with E-state index in [0.717, 1.165) is 17.9 Å². The monoisotopic (exact) mass is 324 g/mol. The highest BCUT2D eigenvalue weighted by Gasteiger charge is 2.22. The maximum Gasteiger partial charge on any atom is 0.149 e. The first-order valence-corrected chi connectivity index (χ1v) is 9.01. The molecule has 1 saturated carbocycles. The molecule has 1 aliphatic rings. The highest BCUT2D eigenvalue weighted by atomic mass is 14.9. The minimum absolute atomic E-state index is 0.223. The van der Waals surface area contributed by atoms with Crippen LogP contribution in [0.5, 0.6) is 0 Å². The summed E-state index contributed by atoms with van der Waals surface area (Å²) in [4.78, 5) is 4.09. The molecule has 0 saturated heterocycles. The molecule has 1 heterocycles. The Morgan fingerprint density at radius 2 is 1.71 bits per heavy atom. The summed E-state index contributed by atoms with van der Waals surface area (Å²) in [7, 11) is 0. The highest BCUT2D eigenvalue weighted by molar-refractivity contribution is 5.68. The molecule has 24 heavy (non-hydrogen) atoms. The van der Waals surface area contributed by atoms with Gasteiger partial charge in [0.1, 0.15) is 11.6 Å². The Kier molecular flexibility index (Phi) is 5.24. The minimum atomic E-state index is 0.223. The molecule has 0 aliphatic heterocycles. The number of aromatic nitrogens is 1. The number of rotatable bonds is 5. The van der Waals surface area contributed by atoms with Crippen LogP contribution in [0, 0.1) is 5.92 Å². The second kappa shape index (κ2) is 7.56. The zero-order valence-electron chi connectivity index (χ0n) is 14.2. The van der Waals surface area contributed by atoms with Crippen molar-refractivity contribution in [2.24, 2.45) is 5.92 Å². The quantitative estimate of drug-likeness (QED) is 0.764.